The number of halogens is 1. The van der Waals surface area contributed by atoms with Crippen LogP contribution in [0.15, 0.2) is 24.3 Å². The second-order valence-electron chi connectivity index (χ2n) is 4.44. The van der Waals surface area contributed by atoms with Gasteiger partial charge in [-0.2, -0.15) is 0 Å². The second-order valence-corrected chi connectivity index (χ2v) is 4.44. The summed E-state index contributed by atoms with van der Waals surface area (Å²) in [5, 5.41) is 11.5. The first-order valence-corrected chi connectivity index (χ1v) is 6.10. The van der Waals surface area contributed by atoms with Crippen LogP contribution in [0.25, 0.3) is 0 Å². The lowest BCUT2D eigenvalue weighted by Gasteiger charge is -2.21. The van der Waals surface area contributed by atoms with E-state index in [9.17, 15) is 14.0 Å². The summed E-state index contributed by atoms with van der Waals surface area (Å²) < 4.78 is 13.4. The summed E-state index contributed by atoms with van der Waals surface area (Å²) in [5.74, 6) is -1.39. The Hall–Kier alpha value is -2.11. The monoisotopic (exact) mass is 266 g/mol. The first-order valence-electron chi connectivity index (χ1n) is 6.10. The fourth-order valence-electron chi connectivity index (χ4n) is 2.18. The number of nitrogens with zero attached hydrogens (tertiary/aromatic N) is 1. The number of carboxylic acid groups (broad SMARTS) is 1. The molecule has 1 unspecified atom stereocenters. The van der Waals surface area contributed by atoms with Crippen molar-refractivity contribution in [1.82, 2.24) is 10.2 Å². The van der Waals surface area contributed by atoms with Crippen molar-refractivity contribution in [2.75, 3.05) is 6.54 Å². The number of carbonyl (C=O) groups excluding carboxylic acids is 1. The fraction of sp³-hybridized carbons (Fsp3) is 0.385. The Morgan fingerprint density at radius 3 is 2.84 bits per heavy atom. The molecule has 1 heterocycles. The highest BCUT2D eigenvalue weighted by Gasteiger charge is 2.33. The maximum atomic E-state index is 13.4. The number of hydrogen-bond donors (Lipinski definition) is 2. The van der Waals surface area contributed by atoms with Crippen LogP contribution in [0.3, 0.4) is 0 Å². The molecule has 2 N–H and O–H groups in total. The van der Waals surface area contributed by atoms with E-state index in [-0.39, 0.29) is 12.4 Å². The van der Waals surface area contributed by atoms with E-state index in [1.165, 1.54) is 11.0 Å². The number of carboxylic acids is 1. The van der Waals surface area contributed by atoms with E-state index in [1.54, 1.807) is 18.2 Å². The number of urea groups is 1. The molecule has 6 heteroatoms. The zero-order valence-corrected chi connectivity index (χ0v) is 10.3. The molecule has 19 heavy (non-hydrogen) atoms. The van der Waals surface area contributed by atoms with Crippen LogP contribution < -0.4 is 5.32 Å². The topological polar surface area (TPSA) is 69.6 Å². The van der Waals surface area contributed by atoms with Crippen molar-refractivity contribution >= 4 is 12.0 Å². The predicted molar refractivity (Wildman–Crippen MR) is 66.0 cm³/mol. The first kappa shape index (κ1) is 13.3. The van der Waals surface area contributed by atoms with Crippen molar-refractivity contribution in [3.8, 4) is 0 Å². The van der Waals surface area contributed by atoms with Gasteiger partial charge >= 0.3 is 12.0 Å². The lowest BCUT2D eigenvalue weighted by molar-refractivity contribution is -0.141. The van der Waals surface area contributed by atoms with Gasteiger partial charge < -0.3 is 15.3 Å². The van der Waals surface area contributed by atoms with Crippen LogP contribution in [0.4, 0.5) is 9.18 Å². The maximum Gasteiger partial charge on any atom is 0.326 e. The lowest BCUT2D eigenvalue weighted by atomic mass is 10.2. The predicted octanol–water partition coefficient (Wildman–Crippen LogP) is 1.58. The van der Waals surface area contributed by atoms with E-state index in [0.717, 1.165) is 0 Å². The largest absolute Gasteiger partial charge is 0.480 e. The zero-order chi connectivity index (χ0) is 13.8. The quantitative estimate of drug-likeness (QED) is 0.872. The van der Waals surface area contributed by atoms with Gasteiger partial charge in [-0.3, -0.25) is 0 Å². The highest BCUT2D eigenvalue weighted by atomic mass is 19.1. The Kier molecular flexibility index (Phi) is 3.99. The molecule has 0 saturated carbocycles. The number of benzene rings is 1. The van der Waals surface area contributed by atoms with Gasteiger partial charge in [-0.1, -0.05) is 18.2 Å². The molecule has 1 atom stereocenters. The number of nitrogens with one attached hydrogen (secondary N) is 1. The molecule has 2 amide bonds. The molecular weight excluding hydrogens is 251 g/mol. The maximum absolute atomic E-state index is 13.4. The Morgan fingerprint density at radius 2 is 2.16 bits per heavy atom. The van der Waals surface area contributed by atoms with Crippen LogP contribution in [-0.4, -0.2) is 34.6 Å². The minimum atomic E-state index is -1.00. The van der Waals surface area contributed by atoms with Crippen LogP contribution >= 0.6 is 0 Å². The molecule has 102 valence electrons. The summed E-state index contributed by atoms with van der Waals surface area (Å²) >= 11 is 0. The standard InChI is InChI=1S/C13H15FN2O3/c14-10-5-2-1-4-9(10)8-15-13(19)16-7-3-6-11(16)12(17)18/h1-2,4-5,11H,3,6-8H2,(H,15,19)(H,17,18). The number of rotatable bonds is 3. The molecule has 2 rings (SSSR count). The number of amides is 2. The lowest BCUT2D eigenvalue weighted by Crippen LogP contribution is -2.45. The zero-order valence-electron chi connectivity index (χ0n) is 10.3. The minimum Gasteiger partial charge on any atom is -0.480 e. The minimum absolute atomic E-state index is 0.0499. The highest BCUT2D eigenvalue weighted by Crippen LogP contribution is 2.17. The summed E-state index contributed by atoms with van der Waals surface area (Å²) in [6.45, 7) is 0.467. The third-order valence-corrected chi connectivity index (χ3v) is 3.19. The Labute approximate surface area is 110 Å². The normalized spacial score (nSPS) is 18.4. The smallest absolute Gasteiger partial charge is 0.326 e. The van der Waals surface area contributed by atoms with Gasteiger partial charge in [-0.15, -0.1) is 0 Å². The average Bonchev–Trinajstić information content (AvgIpc) is 2.87. The van der Waals surface area contributed by atoms with Gasteiger partial charge in [0.2, 0.25) is 0 Å². The van der Waals surface area contributed by atoms with Crippen molar-refractivity contribution in [3.05, 3.63) is 35.6 Å². The van der Waals surface area contributed by atoms with Crippen LogP contribution in [0.2, 0.25) is 0 Å². The SMILES string of the molecule is O=C(O)C1CCCN1C(=O)NCc1ccccc1F. The molecule has 1 fully saturated rings. The number of likely N-dealkylation sites (tertiary alicyclic amines) is 1. The fourth-order valence-corrected chi connectivity index (χ4v) is 2.18. The molecule has 1 aromatic rings. The van der Waals surface area contributed by atoms with Gasteiger partial charge in [0.1, 0.15) is 11.9 Å². The van der Waals surface area contributed by atoms with E-state index in [1.807, 2.05) is 0 Å². The van der Waals surface area contributed by atoms with Gasteiger partial charge in [-0.05, 0) is 18.9 Å². The molecule has 1 aliphatic rings. The summed E-state index contributed by atoms with van der Waals surface area (Å²) in [4.78, 5) is 24.1. The van der Waals surface area contributed by atoms with E-state index >= 15 is 0 Å². The van der Waals surface area contributed by atoms with Crippen molar-refractivity contribution in [1.29, 1.82) is 0 Å². The second kappa shape index (κ2) is 5.69. The van der Waals surface area contributed by atoms with Crippen molar-refractivity contribution in [3.63, 3.8) is 0 Å². The highest BCUT2D eigenvalue weighted by molar-refractivity contribution is 5.83. The van der Waals surface area contributed by atoms with Gasteiger partial charge in [0, 0.05) is 18.7 Å². The van der Waals surface area contributed by atoms with E-state index in [0.29, 0.717) is 24.9 Å². The Balaban J connectivity index is 1.95. The summed E-state index contributed by atoms with van der Waals surface area (Å²) in [6.07, 6.45) is 1.13. The van der Waals surface area contributed by atoms with Crippen LogP contribution in [0.5, 0.6) is 0 Å². The molecule has 1 aromatic carbocycles. The molecule has 0 aromatic heterocycles. The third kappa shape index (κ3) is 3.01. The molecule has 0 aliphatic carbocycles. The molecule has 0 spiro atoms. The van der Waals surface area contributed by atoms with Gasteiger partial charge in [0.05, 0.1) is 0 Å². The summed E-state index contributed by atoms with van der Waals surface area (Å²) in [7, 11) is 0. The molecule has 1 aliphatic heterocycles. The molecule has 1 saturated heterocycles. The molecule has 0 radical (unpaired) electrons. The first-order chi connectivity index (χ1) is 9.09. The number of aliphatic carboxylic acids is 1. The van der Waals surface area contributed by atoms with Crippen molar-refractivity contribution in [2.24, 2.45) is 0 Å². The van der Waals surface area contributed by atoms with Crippen molar-refractivity contribution in [2.45, 2.75) is 25.4 Å². The van der Waals surface area contributed by atoms with Crippen LogP contribution in [-0.2, 0) is 11.3 Å². The number of carbonyl (C=O) groups is 2. The summed E-state index contributed by atoms with van der Waals surface area (Å²) in [6, 6.07) is 4.90. The van der Waals surface area contributed by atoms with Crippen LogP contribution in [0.1, 0.15) is 18.4 Å². The van der Waals surface area contributed by atoms with Gasteiger partial charge in [-0.25, -0.2) is 14.0 Å². The Morgan fingerprint density at radius 1 is 1.42 bits per heavy atom. The third-order valence-electron chi connectivity index (χ3n) is 3.19. The Bertz CT molecular complexity index is 493. The van der Waals surface area contributed by atoms with Gasteiger partial charge in [0.25, 0.3) is 0 Å². The summed E-state index contributed by atoms with van der Waals surface area (Å²) in [5.41, 5.74) is 0.377. The molecule has 5 nitrogen and oxygen atoms in total. The molecular formula is C13H15FN2O3. The molecule has 0 bridgehead atoms. The van der Waals surface area contributed by atoms with E-state index in [2.05, 4.69) is 5.32 Å². The van der Waals surface area contributed by atoms with E-state index < -0.39 is 18.0 Å². The van der Waals surface area contributed by atoms with Crippen molar-refractivity contribution < 1.29 is 19.1 Å². The van der Waals surface area contributed by atoms with Gasteiger partial charge in [0.15, 0.2) is 0 Å². The van der Waals surface area contributed by atoms with Crippen LogP contribution in [0, 0.1) is 5.82 Å². The average molecular weight is 266 g/mol. The van der Waals surface area contributed by atoms with E-state index in [4.69, 9.17) is 5.11 Å². The number of hydrogen-bond acceptors (Lipinski definition) is 2.